The standard InChI is InChI=1S/C15H21NO2/c1-3-7-14-12(15(17)18-4-2)10-11-8-5-6-9-13(11)16-14/h10H,3-9H2,1-2H3. The van der Waals surface area contributed by atoms with Gasteiger partial charge in [-0.15, -0.1) is 0 Å². The van der Waals surface area contributed by atoms with Gasteiger partial charge in [-0.3, -0.25) is 4.98 Å². The predicted octanol–water partition coefficient (Wildman–Crippen LogP) is 3.09. The highest BCUT2D eigenvalue weighted by Gasteiger charge is 2.19. The van der Waals surface area contributed by atoms with Gasteiger partial charge in [0.15, 0.2) is 0 Å². The van der Waals surface area contributed by atoms with Crippen LogP contribution < -0.4 is 0 Å². The van der Waals surface area contributed by atoms with Crippen molar-refractivity contribution >= 4 is 5.97 Å². The molecule has 98 valence electrons. The predicted molar refractivity (Wildman–Crippen MR) is 70.8 cm³/mol. The quantitative estimate of drug-likeness (QED) is 0.767. The number of esters is 1. The molecule has 0 fully saturated rings. The van der Waals surface area contributed by atoms with Gasteiger partial charge in [-0.25, -0.2) is 4.79 Å². The lowest BCUT2D eigenvalue weighted by atomic mass is 9.93. The largest absolute Gasteiger partial charge is 0.462 e. The Labute approximate surface area is 109 Å². The van der Waals surface area contributed by atoms with Crippen molar-refractivity contribution in [2.24, 2.45) is 0 Å². The highest BCUT2D eigenvalue weighted by molar-refractivity contribution is 5.91. The fourth-order valence-electron chi connectivity index (χ4n) is 2.49. The Morgan fingerprint density at radius 2 is 2.11 bits per heavy atom. The van der Waals surface area contributed by atoms with Gasteiger partial charge in [-0.2, -0.15) is 0 Å². The van der Waals surface area contributed by atoms with E-state index in [0.29, 0.717) is 12.2 Å². The molecule has 1 aliphatic carbocycles. The van der Waals surface area contributed by atoms with Gasteiger partial charge >= 0.3 is 5.97 Å². The van der Waals surface area contributed by atoms with Crippen LogP contribution in [0.1, 0.15) is 60.4 Å². The summed E-state index contributed by atoms with van der Waals surface area (Å²) in [6.45, 7) is 4.36. The Hall–Kier alpha value is -1.38. The lowest BCUT2D eigenvalue weighted by Gasteiger charge is -2.18. The van der Waals surface area contributed by atoms with Crippen molar-refractivity contribution in [1.82, 2.24) is 4.98 Å². The summed E-state index contributed by atoms with van der Waals surface area (Å²) in [6.07, 6.45) is 6.35. The van der Waals surface area contributed by atoms with E-state index in [9.17, 15) is 4.79 Å². The summed E-state index contributed by atoms with van der Waals surface area (Å²) in [6, 6.07) is 2.02. The van der Waals surface area contributed by atoms with Crippen LogP contribution in [0, 0.1) is 0 Å². The third-order valence-electron chi connectivity index (χ3n) is 3.36. The highest BCUT2D eigenvalue weighted by Crippen LogP contribution is 2.23. The highest BCUT2D eigenvalue weighted by atomic mass is 16.5. The van der Waals surface area contributed by atoms with Crippen molar-refractivity contribution in [1.29, 1.82) is 0 Å². The zero-order valence-electron chi connectivity index (χ0n) is 11.3. The molecule has 0 aliphatic heterocycles. The first-order chi connectivity index (χ1) is 8.76. The molecule has 1 aromatic heterocycles. The summed E-state index contributed by atoms with van der Waals surface area (Å²) in [5.41, 5.74) is 4.03. The molecule has 0 unspecified atom stereocenters. The van der Waals surface area contributed by atoms with E-state index in [4.69, 9.17) is 9.72 Å². The Bertz CT molecular complexity index is 440. The molecule has 18 heavy (non-hydrogen) atoms. The van der Waals surface area contributed by atoms with Crippen LogP contribution in [0.15, 0.2) is 6.07 Å². The second-order valence-electron chi connectivity index (χ2n) is 4.77. The number of aromatic nitrogens is 1. The minimum Gasteiger partial charge on any atom is -0.462 e. The summed E-state index contributed by atoms with van der Waals surface area (Å²) >= 11 is 0. The molecule has 3 heteroatoms. The number of carbonyl (C=O) groups is 1. The van der Waals surface area contributed by atoms with Crippen LogP contribution >= 0.6 is 0 Å². The second-order valence-corrected chi connectivity index (χ2v) is 4.77. The van der Waals surface area contributed by atoms with Crippen LogP contribution in [-0.2, 0) is 24.0 Å². The van der Waals surface area contributed by atoms with Crippen LogP contribution in [0.4, 0.5) is 0 Å². The summed E-state index contributed by atoms with van der Waals surface area (Å²) in [4.78, 5) is 16.7. The maximum atomic E-state index is 12.0. The third-order valence-corrected chi connectivity index (χ3v) is 3.36. The van der Waals surface area contributed by atoms with E-state index in [1.807, 2.05) is 13.0 Å². The molecule has 0 saturated heterocycles. The summed E-state index contributed by atoms with van der Waals surface area (Å²) in [5.74, 6) is -0.221. The average Bonchev–Trinajstić information content (AvgIpc) is 2.38. The monoisotopic (exact) mass is 247 g/mol. The zero-order valence-corrected chi connectivity index (χ0v) is 11.3. The van der Waals surface area contributed by atoms with Gasteiger partial charge in [0.25, 0.3) is 0 Å². The maximum Gasteiger partial charge on any atom is 0.339 e. The summed E-state index contributed by atoms with van der Waals surface area (Å²) in [5, 5.41) is 0. The first-order valence-corrected chi connectivity index (χ1v) is 6.95. The minimum atomic E-state index is -0.221. The van der Waals surface area contributed by atoms with Crippen molar-refractivity contribution in [2.75, 3.05) is 6.61 Å². The molecule has 1 aromatic rings. The Morgan fingerprint density at radius 3 is 2.83 bits per heavy atom. The molecule has 2 rings (SSSR count). The summed E-state index contributed by atoms with van der Waals surface area (Å²) in [7, 11) is 0. The van der Waals surface area contributed by atoms with Gasteiger partial charge < -0.3 is 4.74 Å². The van der Waals surface area contributed by atoms with Crippen LogP contribution in [-0.4, -0.2) is 17.6 Å². The van der Waals surface area contributed by atoms with Gasteiger partial charge in [0, 0.05) is 5.69 Å². The second kappa shape index (κ2) is 5.98. The topological polar surface area (TPSA) is 39.2 Å². The number of pyridine rings is 1. The molecule has 0 N–H and O–H groups in total. The van der Waals surface area contributed by atoms with Crippen LogP contribution in [0.25, 0.3) is 0 Å². The van der Waals surface area contributed by atoms with Gasteiger partial charge in [0.05, 0.1) is 17.9 Å². The number of rotatable bonds is 4. The van der Waals surface area contributed by atoms with Gasteiger partial charge in [0.1, 0.15) is 0 Å². The third kappa shape index (κ3) is 2.71. The van der Waals surface area contributed by atoms with Crippen molar-refractivity contribution in [3.05, 3.63) is 28.6 Å². The van der Waals surface area contributed by atoms with E-state index in [2.05, 4.69) is 6.92 Å². The molecular weight excluding hydrogens is 226 g/mol. The SMILES string of the molecule is CCCc1nc2c(cc1C(=O)OCC)CCCC2. The van der Waals surface area contributed by atoms with Gasteiger partial charge in [-0.05, 0) is 50.7 Å². The van der Waals surface area contributed by atoms with Gasteiger partial charge in [-0.1, -0.05) is 13.3 Å². The number of hydrogen-bond acceptors (Lipinski definition) is 3. The number of aryl methyl sites for hydroxylation is 3. The Kier molecular flexibility index (Phi) is 4.34. The first kappa shape index (κ1) is 13.1. The Balaban J connectivity index is 2.38. The minimum absolute atomic E-state index is 0.221. The number of carbonyl (C=O) groups excluding carboxylic acids is 1. The fraction of sp³-hybridized carbons (Fsp3) is 0.600. The maximum absolute atomic E-state index is 12.0. The van der Waals surface area contributed by atoms with Gasteiger partial charge in [0.2, 0.25) is 0 Å². The van der Waals surface area contributed by atoms with E-state index < -0.39 is 0 Å². The fourth-order valence-corrected chi connectivity index (χ4v) is 2.49. The molecule has 0 spiro atoms. The van der Waals surface area contributed by atoms with E-state index in [1.54, 1.807) is 0 Å². The zero-order chi connectivity index (χ0) is 13.0. The van der Waals surface area contributed by atoms with Crippen molar-refractivity contribution in [3.63, 3.8) is 0 Å². The van der Waals surface area contributed by atoms with Crippen molar-refractivity contribution in [2.45, 2.75) is 52.4 Å². The summed E-state index contributed by atoms with van der Waals surface area (Å²) < 4.78 is 5.13. The lowest BCUT2D eigenvalue weighted by molar-refractivity contribution is 0.0524. The first-order valence-electron chi connectivity index (χ1n) is 6.95. The average molecular weight is 247 g/mol. The molecule has 0 atom stereocenters. The number of ether oxygens (including phenoxy) is 1. The number of nitrogens with zero attached hydrogens (tertiary/aromatic N) is 1. The van der Waals surface area contributed by atoms with E-state index >= 15 is 0 Å². The molecular formula is C15H21NO2. The molecule has 0 bridgehead atoms. The molecule has 0 saturated carbocycles. The molecule has 3 nitrogen and oxygen atoms in total. The molecule has 1 aliphatic rings. The molecule has 1 heterocycles. The smallest absolute Gasteiger partial charge is 0.339 e. The number of fused-ring (bicyclic) bond motifs is 1. The van der Waals surface area contributed by atoms with Crippen LogP contribution in [0.5, 0.6) is 0 Å². The lowest BCUT2D eigenvalue weighted by Crippen LogP contribution is -2.15. The van der Waals surface area contributed by atoms with Crippen molar-refractivity contribution in [3.8, 4) is 0 Å². The van der Waals surface area contributed by atoms with E-state index in [0.717, 1.165) is 31.4 Å². The number of hydrogen-bond donors (Lipinski definition) is 0. The normalized spacial score (nSPS) is 14.1. The van der Waals surface area contributed by atoms with Crippen LogP contribution in [0.3, 0.4) is 0 Å². The van der Waals surface area contributed by atoms with Crippen molar-refractivity contribution < 1.29 is 9.53 Å². The van der Waals surface area contributed by atoms with Crippen LogP contribution in [0.2, 0.25) is 0 Å². The molecule has 0 amide bonds. The Morgan fingerprint density at radius 1 is 1.33 bits per heavy atom. The molecule has 0 aromatic carbocycles. The van der Waals surface area contributed by atoms with E-state index in [-0.39, 0.29) is 5.97 Å². The van der Waals surface area contributed by atoms with E-state index in [1.165, 1.54) is 24.1 Å². The molecule has 0 radical (unpaired) electrons.